The van der Waals surface area contributed by atoms with Crippen molar-refractivity contribution in [2.24, 2.45) is 11.8 Å². The molecule has 0 amide bonds. The van der Waals surface area contributed by atoms with Crippen LogP contribution in [0, 0.1) is 11.8 Å². The Hall–Kier alpha value is -0.0400. The SMILES string of the molecule is CCCC(C)CCCC(C)CCCC(C)NC. The Balaban J connectivity index is 3.37. The van der Waals surface area contributed by atoms with Crippen LogP contribution in [0.4, 0.5) is 0 Å². The molecule has 0 spiro atoms. The predicted octanol–water partition coefficient (Wildman–Crippen LogP) is 5.01. The van der Waals surface area contributed by atoms with Gasteiger partial charge in [-0.05, 0) is 32.2 Å². The third-order valence-corrected chi connectivity index (χ3v) is 4.00. The Morgan fingerprint density at radius 2 is 1.24 bits per heavy atom. The molecule has 0 aromatic carbocycles. The van der Waals surface area contributed by atoms with Crippen LogP contribution in [0.1, 0.15) is 79.1 Å². The first kappa shape index (κ1) is 17.0. The lowest BCUT2D eigenvalue weighted by Crippen LogP contribution is -2.20. The van der Waals surface area contributed by atoms with Crippen molar-refractivity contribution in [3.05, 3.63) is 0 Å². The number of nitrogens with one attached hydrogen (secondary N) is 1. The maximum Gasteiger partial charge on any atom is 0.00357 e. The summed E-state index contributed by atoms with van der Waals surface area (Å²) < 4.78 is 0. The van der Waals surface area contributed by atoms with Gasteiger partial charge in [0.15, 0.2) is 0 Å². The molecule has 0 rings (SSSR count). The van der Waals surface area contributed by atoms with Crippen molar-refractivity contribution < 1.29 is 0 Å². The minimum atomic E-state index is 0.687. The smallest absolute Gasteiger partial charge is 0.00357 e. The van der Waals surface area contributed by atoms with E-state index >= 15 is 0 Å². The lowest BCUT2D eigenvalue weighted by atomic mass is 9.93. The van der Waals surface area contributed by atoms with Gasteiger partial charge in [0.1, 0.15) is 0 Å². The van der Waals surface area contributed by atoms with Gasteiger partial charge in [0, 0.05) is 6.04 Å². The minimum absolute atomic E-state index is 0.687. The van der Waals surface area contributed by atoms with Gasteiger partial charge in [-0.2, -0.15) is 0 Å². The van der Waals surface area contributed by atoms with Crippen molar-refractivity contribution in [2.75, 3.05) is 7.05 Å². The highest BCUT2D eigenvalue weighted by molar-refractivity contribution is 4.61. The average Bonchev–Trinajstić information content (AvgIpc) is 2.29. The molecule has 0 saturated carbocycles. The summed E-state index contributed by atoms with van der Waals surface area (Å²) in [5.41, 5.74) is 0. The molecule has 1 N–H and O–H groups in total. The van der Waals surface area contributed by atoms with Gasteiger partial charge in [0.05, 0.1) is 0 Å². The Labute approximate surface area is 110 Å². The largest absolute Gasteiger partial charge is 0.317 e. The van der Waals surface area contributed by atoms with Crippen molar-refractivity contribution in [2.45, 2.75) is 85.1 Å². The molecule has 3 unspecified atom stereocenters. The molecule has 3 atom stereocenters. The molecule has 0 aliphatic rings. The van der Waals surface area contributed by atoms with Gasteiger partial charge in [0.2, 0.25) is 0 Å². The Morgan fingerprint density at radius 3 is 1.71 bits per heavy atom. The molecule has 0 saturated heterocycles. The summed E-state index contributed by atoms with van der Waals surface area (Å²) in [7, 11) is 2.06. The van der Waals surface area contributed by atoms with Crippen molar-refractivity contribution in [3.63, 3.8) is 0 Å². The molecular formula is C16H35N. The van der Waals surface area contributed by atoms with Gasteiger partial charge in [-0.15, -0.1) is 0 Å². The Morgan fingerprint density at radius 1 is 0.765 bits per heavy atom. The molecule has 0 heterocycles. The molecule has 0 aromatic heterocycles. The first-order chi connectivity index (χ1) is 8.10. The first-order valence-corrected chi connectivity index (χ1v) is 7.77. The van der Waals surface area contributed by atoms with Crippen LogP contribution in [0.2, 0.25) is 0 Å². The highest BCUT2D eigenvalue weighted by Gasteiger charge is 2.06. The molecule has 17 heavy (non-hydrogen) atoms. The summed E-state index contributed by atoms with van der Waals surface area (Å²) in [6.07, 6.45) is 11.2. The predicted molar refractivity (Wildman–Crippen MR) is 79.5 cm³/mol. The average molecular weight is 241 g/mol. The van der Waals surface area contributed by atoms with E-state index in [2.05, 4.69) is 40.1 Å². The zero-order chi connectivity index (χ0) is 13.1. The number of hydrogen-bond donors (Lipinski definition) is 1. The molecule has 0 aliphatic carbocycles. The number of rotatable bonds is 11. The molecule has 1 heteroatoms. The molecule has 0 aliphatic heterocycles. The molecule has 0 fully saturated rings. The van der Waals surface area contributed by atoms with E-state index < -0.39 is 0 Å². The van der Waals surface area contributed by atoms with Gasteiger partial charge in [-0.1, -0.05) is 65.7 Å². The summed E-state index contributed by atoms with van der Waals surface area (Å²) in [4.78, 5) is 0. The second kappa shape index (κ2) is 11.1. The van der Waals surface area contributed by atoms with E-state index in [1.807, 2.05) is 0 Å². The lowest BCUT2D eigenvalue weighted by Gasteiger charge is -2.15. The van der Waals surface area contributed by atoms with Gasteiger partial charge < -0.3 is 5.32 Å². The fourth-order valence-electron chi connectivity index (χ4n) is 2.51. The van der Waals surface area contributed by atoms with Crippen LogP contribution in [0.5, 0.6) is 0 Å². The van der Waals surface area contributed by atoms with E-state index in [0.717, 1.165) is 11.8 Å². The number of hydrogen-bond acceptors (Lipinski definition) is 1. The van der Waals surface area contributed by atoms with Crippen molar-refractivity contribution >= 4 is 0 Å². The van der Waals surface area contributed by atoms with Gasteiger partial charge in [0.25, 0.3) is 0 Å². The molecule has 0 radical (unpaired) electrons. The molecule has 104 valence electrons. The van der Waals surface area contributed by atoms with E-state index in [4.69, 9.17) is 0 Å². The normalized spacial score (nSPS) is 16.8. The zero-order valence-electron chi connectivity index (χ0n) is 12.9. The zero-order valence-corrected chi connectivity index (χ0v) is 12.9. The van der Waals surface area contributed by atoms with Crippen LogP contribution in [0.25, 0.3) is 0 Å². The van der Waals surface area contributed by atoms with Crippen LogP contribution < -0.4 is 5.32 Å². The van der Waals surface area contributed by atoms with Crippen molar-refractivity contribution in [1.82, 2.24) is 5.32 Å². The highest BCUT2D eigenvalue weighted by Crippen LogP contribution is 2.19. The second-order valence-corrected chi connectivity index (χ2v) is 6.05. The van der Waals surface area contributed by atoms with Crippen LogP contribution in [0.15, 0.2) is 0 Å². The third kappa shape index (κ3) is 10.8. The summed E-state index contributed by atoms with van der Waals surface area (Å²) in [5, 5.41) is 3.31. The molecule has 0 aromatic rings. The standard InChI is InChI=1S/C16H35N/c1-6-9-14(2)10-7-11-15(3)12-8-13-16(4)17-5/h14-17H,6-13H2,1-5H3. The van der Waals surface area contributed by atoms with Gasteiger partial charge >= 0.3 is 0 Å². The Kier molecular flexibility index (Phi) is 11.0. The first-order valence-electron chi connectivity index (χ1n) is 7.77. The third-order valence-electron chi connectivity index (χ3n) is 4.00. The quantitative estimate of drug-likeness (QED) is 0.536. The minimum Gasteiger partial charge on any atom is -0.317 e. The van der Waals surface area contributed by atoms with Crippen LogP contribution in [-0.4, -0.2) is 13.1 Å². The van der Waals surface area contributed by atoms with Crippen molar-refractivity contribution in [1.29, 1.82) is 0 Å². The van der Waals surface area contributed by atoms with E-state index in [-0.39, 0.29) is 0 Å². The summed E-state index contributed by atoms with van der Waals surface area (Å²) in [5.74, 6) is 1.87. The van der Waals surface area contributed by atoms with Gasteiger partial charge in [-0.3, -0.25) is 0 Å². The lowest BCUT2D eigenvalue weighted by molar-refractivity contribution is 0.392. The summed E-state index contributed by atoms with van der Waals surface area (Å²) >= 11 is 0. The highest BCUT2D eigenvalue weighted by atomic mass is 14.8. The molecular weight excluding hydrogens is 206 g/mol. The van der Waals surface area contributed by atoms with E-state index in [9.17, 15) is 0 Å². The van der Waals surface area contributed by atoms with Crippen LogP contribution in [0.3, 0.4) is 0 Å². The maximum atomic E-state index is 3.31. The fourth-order valence-corrected chi connectivity index (χ4v) is 2.51. The van der Waals surface area contributed by atoms with E-state index in [1.165, 1.54) is 51.4 Å². The monoisotopic (exact) mass is 241 g/mol. The summed E-state index contributed by atoms with van der Waals surface area (Å²) in [6.45, 7) is 9.40. The fraction of sp³-hybridized carbons (Fsp3) is 1.00. The molecule has 1 nitrogen and oxygen atoms in total. The second-order valence-electron chi connectivity index (χ2n) is 6.05. The summed E-state index contributed by atoms with van der Waals surface area (Å²) in [6, 6.07) is 0.687. The Bertz CT molecular complexity index is 156. The van der Waals surface area contributed by atoms with Crippen LogP contribution in [-0.2, 0) is 0 Å². The maximum absolute atomic E-state index is 3.31. The van der Waals surface area contributed by atoms with E-state index in [0.29, 0.717) is 6.04 Å². The van der Waals surface area contributed by atoms with Gasteiger partial charge in [-0.25, -0.2) is 0 Å². The van der Waals surface area contributed by atoms with E-state index in [1.54, 1.807) is 0 Å². The van der Waals surface area contributed by atoms with Crippen molar-refractivity contribution in [3.8, 4) is 0 Å². The topological polar surface area (TPSA) is 12.0 Å². The van der Waals surface area contributed by atoms with Crippen LogP contribution >= 0.6 is 0 Å². The molecule has 0 bridgehead atoms.